The average Bonchev–Trinajstić information content (AvgIpc) is 2.78. The predicted molar refractivity (Wildman–Crippen MR) is 109 cm³/mol. The molecular formula is C23H20N2O4. The first kappa shape index (κ1) is 19.8. The lowest BCUT2D eigenvalue weighted by molar-refractivity contribution is -0.148. The van der Waals surface area contributed by atoms with E-state index in [1.54, 1.807) is 30.3 Å². The van der Waals surface area contributed by atoms with E-state index in [0.29, 0.717) is 5.56 Å². The Bertz CT molecular complexity index is 971. The molecule has 2 amide bonds. The van der Waals surface area contributed by atoms with Gasteiger partial charge >= 0.3 is 5.97 Å². The van der Waals surface area contributed by atoms with Gasteiger partial charge in [0.15, 0.2) is 6.61 Å². The molecule has 0 heterocycles. The van der Waals surface area contributed by atoms with E-state index in [4.69, 9.17) is 4.74 Å². The number of nitrogens with one attached hydrogen (secondary N) is 2. The van der Waals surface area contributed by atoms with E-state index in [9.17, 15) is 14.4 Å². The zero-order valence-electron chi connectivity index (χ0n) is 15.6. The number of hydrogen-bond donors (Lipinski definition) is 2. The lowest BCUT2D eigenvalue weighted by atomic mass is 10.0. The molecule has 0 aliphatic carbocycles. The minimum Gasteiger partial charge on any atom is -0.455 e. The summed E-state index contributed by atoms with van der Waals surface area (Å²) >= 11 is 0. The van der Waals surface area contributed by atoms with Crippen molar-refractivity contribution in [3.8, 4) is 11.1 Å². The van der Waals surface area contributed by atoms with Gasteiger partial charge < -0.3 is 4.74 Å². The van der Waals surface area contributed by atoms with Crippen molar-refractivity contribution < 1.29 is 19.1 Å². The average molecular weight is 388 g/mol. The Kier molecular flexibility index (Phi) is 6.73. The molecule has 0 saturated heterocycles. The Balaban J connectivity index is 1.41. The third-order valence-electron chi connectivity index (χ3n) is 4.13. The maximum atomic E-state index is 11.9. The molecule has 0 fully saturated rings. The van der Waals surface area contributed by atoms with E-state index in [1.807, 2.05) is 54.6 Å². The molecule has 3 rings (SSSR count). The maximum Gasteiger partial charge on any atom is 0.310 e. The topological polar surface area (TPSA) is 84.5 Å². The molecule has 2 N–H and O–H groups in total. The normalized spacial score (nSPS) is 10.1. The Hall–Kier alpha value is -3.93. The molecule has 0 unspecified atom stereocenters. The van der Waals surface area contributed by atoms with Crippen LogP contribution < -0.4 is 10.9 Å². The molecule has 6 nitrogen and oxygen atoms in total. The summed E-state index contributed by atoms with van der Waals surface area (Å²) in [6.45, 7) is -0.476. The second-order valence-electron chi connectivity index (χ2n) is 6.27. The second kappa shape index (κ2) is 9.85. The SMILES string of the molecule is O=C(COC(=O)Cc1ccc(-c2ccccc2)cc1)NNC(=O)c1ccccc1. The van der Waals surface area contributed by atoms with Crippen LogP contribution in [0.2, 0.25) is 0 Å². The van der Waals surface area contributed by atoms with Crippen molar-refractivity contribution in [3.05, 3.63) is 96.1 Å². The molecule has 6 heteroatoms. The molecule has 29 heavy (non-hydrogen) atoms. The molecule has 0 bridgehead atoms. The van der Waals surface area contributed by atoms with Crippen LogP contribution in [0.15, 0.2) is 84.9 Å². The lowest BCUT2D eigenvalue weighted by Crippen LogP contribution is -2.43. The zero-order valence-corrected chi connectivity index (χ0v) is 15.6. The summed E-state index contributed by atoms with van der Waals surface area (Å²) in [5, 5.41) is 0. The predicted octanol–water partition coefficient (Wildman–Crippen LogP) is 2.90. The summed E-state index contributed by atoms with van der Waals surface area (Å²) in [6.07, 6.45) is 0.0543. The van der Waals surface area contributed by atoms with Gasteiger partial charge in [-0.3, -0.25) is 25.2 Å². The minimum atomic E-state index is -0.623. The summed E-state index contributed by atoms with van der Waals surface area (Å²) in [6, 6.07) is 25.9. The van der Waals surface area contributed by atoms with Gasteiger partial charge in [0.25, 0.3) is 11.8 Å². The van der Waals surface area contributed by atoms with Gasteiger partial charge in [0.2, 0.25) is 0 Å². The highest BCUT2D eigenvalue weighted by molar-refractivity contribution is 5.95. The van der Waals surface area contributed by atoms with Crippen LogP contribution >= 0.6 is 0 Å². The summed E-state index contributed by atoms with van der Waals surface area (Å²) in [5.41, 5.74) is 7.81. The van der Waals surface area contributed by atoms with Gasteiger partial charge in [0, 0.05) is 5.56 Å². The van der Waals surface area contributed by atoms with Crippen molar-refractivity contribution >= 4 is 17.8 Å². The van der Waals surface area contributed by atoms with E-state index in [1.165, 1.54) is 0 Å². The minimum absolute atomic E-state index is 0.0543. The number of ether oxygens (including phenoxy) is 1. The van der Waals surface area contributed by atoms with Gasteiger partial charge in [0.05, 0.1) is 6.42 Å². The number of rotatable bonds is 6. The number of esters is 1. The van der Waals surface area contributed by atoms with Crippen molar-refractivity contribution in [2.75, 3.05) is 6.61 Å². The summed E-state index contributed by atoms with van der Waals surface area (Å²) in [7, 11) is 0. The van der Waals surface area contributed by atoms with Gasteiger partial charge in [-0.1, -0.05) is 72.8 Å². The van der Waals surface area contributed by atoms with Crippen LogP contribution in [0.5, 0.6) is 0 Å². The van der Waals surface area contributed by atoms with Crippen LogP contribution in [-0.2, 0) is 20.7 Å². The fraction of sp³-hybridized carbons (Fsp3) is 0.0870. The molecule has 0 atom stereocenters. The molecule has 0 aliphatic heterocycles. The van der Waals surface area contributed by atoms with Gasteiger partial charge in [0.1, 0.15) is 0 Å². The standard InChI is InChI=1S/C23H20N2O4/c26-21(24-25-23(28)20-9-5-2-6-10-20)16-29-22(27)15-17-11-13-19(14-12-17)18-7-3-1-4-8-18/h1-14H,15-16H2,(H,24,26)(H,25,28). The number of benzene rings is 3. The number of carbonyl (C=O) groups excluding carboxylic acids is 3. The first-order valence-electron chi connectivity index (χ1n) is 9.06. The molecule has 0 saturated carbocycles. The Morgan fingerprint density at radius 2 is 1.28 bits per heavy atom. The summed E-state index contributed by atoms with van der Waals surface area (Å²) < 4.78 is 4.96. The van der Waals surface area contributed by atoms with Gasteiger partial charge in [-0.25, -0.2) is 0 Å². The first-order valence-corrected chi connectivity index (χ1v) is 9.06. The van der Waals surface area contributed by atoms with Gasteiger partial charge in [-0.2, -0.15) is 0 Å². The molecular weight excluding hydrogens is 368 g/mol. The third-order valence-corrected chi connectivity index (χ3v) is 4.13. The molecule has 0 radical (unpaired) electrons. The van der Waals surface area contributed by atoms with Crippen LogP contribution in [0.25, 0.3) is 11.1 Å². The maximum absolute atomic E-state index is 11.9. The van der Waals surface area contributed by atoms with E-state index in [0.717, 1.165) is 16.7 Å². The quantitative estimate of drug-likeness (QED) is 0.502. The van der Waals surface area contributed by atoms with Gasteiger partial charge in [-0.15, -0.1) is 0 Å². The molecule has 0 aliphatic rings. The van der Waals surface area contributed by atoms with E-state index < -0.39 is 24.4 Å². The molecule has 3 aromatic rings. The van der Waals surface area contributed by atoms with Crippen LogP contribution in [0.4, 0.5) is 0 Å². The van der Waals surface area contributed by atoms with Crippen LogP contribution in [-0.4, -0.2) is 24.4 Å². The van der Waals surface area contributed by atoms with Crippen LogP contribution in [0.3, 0.4) is 0 Å². The van der Waals surface area contributed by atoms with Crippen molar-refractivity contribution in [3.63, 3.8) is 0 Å². The molecule has 146 valence electrons. The molecule has 0 spiro atoms. The summed E-state index contributed by atoms with van der Waals surface area (Å²) in [4.78, 5) is 35.5. The Morgan fingerprint density at radius 1 is 0.690 bits per heavy atom. The number of carbonyl (C=O) groups is 3. The van der Waals surface area contributed by atoms with Crippen molar-refractivity contribution in [2.45, 2.75) is 6.42 Å². The third kappa shape index (κ3) is 6.04. The van der Waals surface area contributed by atoms with Crippen molar-refractivity contribution in [1.29, 1.82) is 0 Å². The fourth-order valence-electron chi connectivity index (χ4n) is 2.63. The zero-order chi connectivity index (χ0) is 20.5. The largest absolute Gasteiger partial charge is 0.455 e. The van der Waals surface area contributed by atoms with Crippen LogP contribution in [0.1, 0.15) is 15.9 Å². The van der Waals surface area contributed by atoms with E-state index in [2.05, 4.69) is 10.9 Å². The fourth-order valence-corrected chi connectivity index (χ4v) is 2.63. The van der Waals surface area contributed by atoms with Crippen molar-refractivity contribution in [1.82, 2.24) is 10.9 Å². The number of hydrazine groups is 1. The second-order valence-corrected chi connectivity index (χ2v) is 6.27. The lowest BCUT2D eigenvalue weighted by Gasteiger charge is -2.08. The number of hydrogen-bond acceptors (Lipinski definition) is 4. The Labute approximate surface area is 168 Å². The number of amides is 2. The first-order chi connectivity index (χ1) is 14.1. The van der Waals surface area contributed by atoms with E-state index in [-0.39, 0.29) is 6.42 Å². The smallest absolute Gasteiger partial charge is 0.310 e. The summed E-state index contributed by atoms with van der Waals surface area (Å²) in [5.74, 6) is -1.60. The van der Waals surface area contributed by atoms with Crippen molar-refractivity contribution in [2.24, 2.45) is 0 Å². The van der Waals surface area contributed by atoms with Crippen LogP contribution in [0, 0.1) is 0 Å². The highest BCUT2D eigenvalue weighted by atomic mass is 16.5. The molecule has 3 aromatic carbocycles. The Morgan fingerprint density at radius 3 is 1.93 bits per heavy atom. The highest BCUT2D eigenvalue weighted by Crippen LogP contribution is 2.19. The van der Waals surface area contributed by atoms with E-state index >= 15 is 0 Å². The van der Waals surface area contributed by atoms with Gasteiger partial charge in [-0.05, 0) is 28.8 Å². The monoisotopic (exact) mass is 388 g/mol. The molecule has 0 aromatic heterocycles. The highest BCUT2D eigenvalue weighted by Gasteiger charge is 2.10.